The maximum absolute atomic E-state index is 13.7. The van der Waals surface area contributed by atoms with Gasteiger partial charge in [0.2, 0.25) is 0 Å². The van der Waals surface area contributed by atoms with Crippen LogP contribution in [-0.4, -0.2) is 52.6 Å². The first kappa shape index (κ1) is 27.7. The summed E-state index contributed by atoms with van der Waals surface area (Å²) in [6, 6.07) is 6.19. The molecule has 7 nitrogen and oxygen atoms in total. The summed E-state index contributed by atoms with van der Waals surface area (Å²) >= 11 is 0. The summed E-state index contributed by atoms with van der Waals surface area (Å²) in [5, 5.41) is 14.6. The van der Waals surface area contributed by atoms with Crippen molar-refractivity contribution in [3.05, 3.63) is 52.3 Å². The third-order valence-electron chi connectivity index (χ3n) is 8.42. The van der Waals surface area contributed by atoms with Gasteiger partial charge in [-0.05, 0) is 61.6 Å². The molecule has 1 aliphatic carbocycles. The van der Waals surface area contributed by atoms with Crippen LogP contribution in [-0.2, 0) is 23.8 Å². The Bertz CT molecular complexity index is 1290. The molecule has 1 saturated heterocycles. The number of morpholine rings is 1. The number of alkyl halides is 3. The van der Waals surface area contributed by atoms with Crippen molar-refractivity contribution in [2.24, 2.45) is 11.8 Å². The van der Waals surface area contributed by atoms with Gasteiger partial charge >= 0.3 is 6.18 Å². The van der Waals surface area contributed by atoms with Crippen LogP contribution in [0.15, 0.2) is 24.3 Å². The number of benzene rings is 1. The molecule has 2 fully saturated rings. The molecule has 39 heavy (non-hydrogen) atoms. The summed E-state index contributed by atoms with van der Waals surface area (Å²) in [7, 11) is 0. The quantitative estimate of drug-likeness (QED) is 0.443. The molecule has 3 N–H and O–H groups in total. The standard InChI is InChI=1S/C29H38F3N5O2/c1-19-22(7-4-8-23(19)29(30,31)32)16-26-25(15-20-5-2-3-6-21(18-38)10-9-20)34-28-24(33)17-27(35-37(26)28)36-11-13-39-14-12-36/h4,7-8,17,20-21,38H,2-3,5-6,9-16,18,33H2,1H3. The lowest BCUT2D eigenvalue weighted by molar-refractivity contribution is -0.138. The minimum absolute atomic E-state index is 0.214. The van der Waals surface area contributed by atoms with Crippen molar-refractivity contribution in [3.63, 3.8) is 0 Å². The van der Waals surface area contributed by atoms with Gasteiger partial charge in [-0.3, -0.25) is 0 Å². The summed E-state index contributed by atoms with van der Waals surface area (Å²) in [6.45, 7) is 4.33. The van der Waals surface area contributed by atoms with Crippen LogP contribution < -0.4 is 10.6 Å². The van der Waals surface area contributed by atoms with Gasteiger partial charge in [0, 0.05) is 32.2 Å². The number of rotatable bonds is 6. The molecule has 1 saturated carbocycles. The van der Waals surface area contributed by atoms with Gasteiger partial charge in [0.15, 0.2) is 11.5 Å². The molecule has 1 aliphatic heterocycles. The number of ether oxygens (including phenoxy) is 1. The van der Waals surface area contributed by atoms with Crippen molar-refractivity contribution in [2.45, 2.75) is 64.5 Å². The molecule has 2 atom stereocenters. The number of nitrogens with two attached hydrogens (primary N) is 1. The molecule has 2 aliphatic rings. The lowest BCUT2D eigenvalue weighted by atomic mass is 9.83. The lowest BCUT2D eigenvalue weighted by Gasteiger charge is -2.28. The number of fused-ring (bicyclic) bond motifs is 1. The number of nitrogens with zero attached hydrogens (tertiary/aromatic N) is 4. The Morgan fingerprint density at radius 3 is 2.51 bits per heavy atom. The smallest absolute Gasteiger partial charge is 0.396 e. The molecule has 0 bridgehead atoms. The molecule has 0 amide bonds. The minimum atomic E-state index is -4.42. The first-order valence-electron chi connectivity index (χ1n) is 14.0. The van der Waals surface area contributed by atoms with Crippen LogP contribution in [0.2, 0.25) is 0 Å². The molecular formula is C29H38F3N5O2. The molecule has 10 heteroatoms. The topological polar surface area (TPSA) is 88.9 Å². The Morgan fingerprint density at radius 1 is 1.08 bits per heavy atom. The number of nitrogen functional groups attached to an aromatic ring is 1. The van der Waals surface area contributed by atoms with E-state index >= 15 is 0 Å². The summed E-state index contributed by atoms with van der Waals surface area (Å²) < 4.78 is 48.4. The fourth-order valence-electron chi connectivity index (χ4n) is 6.06. The van der Waals surface area contributed by atoms with Gasteiger partial charge < -0.3 is 20.5 Å². The molecule has 0 radical (unpaired) electrons. The van der Waals surface area contributed by atoms with E-state index in [4.69, 9.17) is 20.6 Å². The van der Waals surface area contributed by atoms with Crippen LogP contribution in [0.4, 0.5) is 24.7 Å². The number of halogens is 3. The minimum Gasteiger partial charge on any atom is -0.396 e. The van der Waals surface area contributed by atoms with Gasteiger partial charge in [0.05, 0.1) is 35.9 Å². The zero-order chi connectivity index (χ0) is 27.6. The van der Waals surface area contributed by atoms with Crippen LogP contribution in [0, 0.1) is 18.8 Å². The Balaban J connectivity index is 1.56. The Labute approximate surface area is 227 Å². The monoisotopic (exact) mass is 545 g/mol. The fraction of sp³-hybridized carbons (Fsp3) is 0.586. The summed E-state index contributed by atoms with van der Waals surface area (Å²) in [5.74, 6) is 1.42. The third-order valence-corrected chi connectivity index (χ3v) is 8.42. The molecule has 3 aromatic rings. The van der Waals surface area contributed by atoms with Crippen LogP contribution in [0.3, 0.4) is 0 Å². The van der Waals surface area contributed by atoms with Crippen molar-refractivity contribution in [1.82, 2.24) is 14.6 Å². The van der Waals surface area contributed by atoms with Gasteiger partial charge in [-0.25, -0.2) is 9.50 Å². The molecule has 2 aromatic heterocycles. The molecule has 212 valence electrons. The number of aliphatic hydroxyl groups is 1. The van der Waals surface area contributed by atoms with Crippen molar-refractivity contribution in [2.75, 3.05) is 43.5 Å². The Hall–Kier alpha value is -2.85. The lowest BCUT2D eigenvalue weighted by Crippen LogP contribution is -2.37. The second-order valence-electron chi connectivity index (χ2n) is 11.0. The van der Waals surface area contributed by atoms with Gasteiger partial charge in [0.1, 0.15) is 0 Å². The van der Waals surface area contributed by atoms with Crippen LogP contribution in [0.1, 0.15) is 66.6 Å². The predicted octanol–water partition coefficient (Wildman–Crippen LogP) is 5.19. The molecule has 1 aromatic carbocycles. The number of imidazole rings is 1. The van der Waals surface area contributed by atoms with E-state index < -0.39 is 11.7 Å². The molecular weight excluding hydrogens is 507 g/mol. The highest BCUT2D eigenvalue weighted by Crippen LogP contribution is 2.35. The van der Waals surface area contributed by atoms with Gasteiger partial charge in [-0.1, -0.05) is 31.4 Å². The number of aromatic nitrogens is 3. The Morgan fingerprint density at radius 2 is 1.79 bits per heavy atom. The van der Waals surface area contributed by atoms with Gasteiger partial charge in [-0.15, -0.1) is 5.10 Å². The van der Waals surface area contributed by atoms with Crippen molar-refractivity contribution >= 4 is 17.2 Å². The average Bonchev–Trinajstić information content (AvgIpc) is 3.24. The van der Waals surface area contributed by atoms with E-state index in [9.17, 15) is 18.3 Å². The number of hydrogen-bond donors (Lipinski definition) is 2. The van der Waals surface area contributed by atoms with Crippen molar-refractivity contribution < 1.29 is 23.0 Å². The first-order chi connectivity index (χ1) is 18.7. The average molecular weight is 546 g/mol. The Kier molecular flexibility index (Phi) is 8.32. The maximum Gasteiger partial charge on any atom is 0.416 e. The van der Waals surface area contributed by atoms with E-state index in [1.807, 2.05) is 6.07 Å². The predicted molar refractivity (Wildman–Crippen MR) is 145 cm³/mol. The van der Waals surface area contributed by atoms with E-state index in [1.165, 1.54) is 13.0 Å². The van der Waals surface area contributed by atoms with Crippen LogP contribution >= 0.6 is 0 Å². The second-order valence-corrected chi connectivity index (χ2v) is 11.0. The molecule has 0 spiro atoms. The number of hydrogen-bond acceptors (Lipinski definition) is 6. The second kappa shape index (κ2) is 11.7. The van der Waals surface area contributed by atoms with Crippen LogP contribution in [0.25, 0.3) is 5.65 Å². The SMILES string of the molecule is Cc1c(Cc2c(CC3CCCCC(CO)CC3)nc3c(N)cc(N4CCOCC4)nn23)cccc1C(F)(F)F. The third kappa shape index (κ3) is 6.17. The fourth-order valence-corrected chi connectivity index (χ4v) is 6.06. The summed E-state index contributed by atoms with van der Waals surface area (Å²) in [4.78, 5) is 7.06. The van der Waals surface area contributed by atoms with E-state index in [0.717, 1.165) is 56.0 Å². The van der Waals surface area contributed by atoms with Crippen molar-refractivity contribution in [1.29, 1.82) is 0 Å². The first-order valence-corrected chi connectivity index (χ1v) is 14.0. The number of anilines is 2. The molecule has 5 rings (SSSR count). The normalized spacial score (nSPS) is 21.2. The summed E-state index contributed by atoms with van der Waals surface area (Å²) in [5.41, 5.74) is 9.38. The van der Waals surface area contributed by atoms with E-state index in [-0.39, 0.29) is 18.6 Å². The van der Waals surface area contributed by atoms with Gasteiger partial charge in [0.25, 0.3) is 0 Å². The maximum atomic E-state index is 13.7. The van der Waals surface area contributed by atoms with E-state index in [1.54, 1.807) is 10.6 Å². The molecule has 3 heterocycles. The van der Waals surface area contributed by atoms with E-state index in [0.29, 0.717) is 67.3 Å². The largest absolute Gasteiger partial charge is 0.416 e. The number of aliphatic hydroxyl groups excluding tert-OH is 1. The van der Waals surface area contributed by atoms with Crippen LogP contribution in [0.5, 0.6) is 0 Å². The highest BCUT2D eigenvalue weighted by atomic mass is 19.4. The zero-order valence-electron chi connectivity index (χ0n) is 22.5. The molecule has 2 unspecified atom stereocenters. The zero-order valence-corrected chi connectivity index (χ0v) is 22.5. The van der Waals surface area contributed by atoms with Gasteiger partial charge in [-0.2, -0.15) is 13.2 Å². The highest BCUT2D eigenvalue weighted by molar-refractivity contribution is 5.69. The highest BCUT2D eigenvalue weighted by Gasteiger charge is 2.33. The van der Waals surface area contributed by atoms with E-state index in [2.05, 4.69) is 4.90 Å². The summed E-state index contributed by atoms with van der Waals surface area (Å²) in [6.07, 6.45) is 2.84. The van der Waals surface area contributed by atoms with Crippen molar-refractivity contribution in [3.8, 4) is 0 Å².